The molecule has 2 nitrogen and oxygen atoms in total. The van der Waals surface area contributed by atoms with Crippen molar-refractivity contribution in [2.24, 2.45) is 0 Å². The Kier molecular flexibility index (Phi) is 5.19. The fraction of sp³-hybridized carbons (Fsp3) is 0.625. The van der Waals surface area contributed by atoms with Crippen LogP contribution >= 0.6 is 0 Å². The van der Waals surface area contributed by atoms with E-state index in [0.29, 0.717) is 18.8 Å². The second-order valence-corrected chi connectivity index (χ2v) is 12.3. The molecule has 1 fully saturated rings. The number of rotatable bonds is 6. The van der Waals surface area contributed by atoms with Gasteiger partial charge in [-0.1, -0.05) is 50.0 Å². The van der Waals surface area contributed by atoms with E-state index in [1.807, 2.05) is 6.07 Å². The van der Waals surface area contributed by atoms with Crippen LogP contribution in [0.3, 0.4) is 0 Å². The third-order valence-corrected chi connectivity index (χ3v) is 5.13. The van der Waals surface area contributed by atoms with Crippen LogP contribution in [-0.4, -0.2) is 26.9 Å². The van der Waals surface area contributed by atoms with E-state index in [-0.39, 0.29) is 0 Å². The Morgan fingerprint density at radius 2 is 1.79 bits per heavy atom. The molecule has 1 aliphatic rings. The fourth-order valence-corrected chi connectivity index (χ4v) is 4.28. The molecule has 0 aliphatic carbocycles. The molecule has 1 saturated heterocycles. The smallest absolute Gasteiger partial charge is 0.0813 e. The maximum Gasteiger partial charge on any atom is 0.0813 e. The molecule has 0 aromatic heterocycles. The van der Waals surface area contributed by atoms with Crippen molar-refractivity contribution in [3.05, 3.63) is 35.9 Å². The van der Waals surface area contributed by atoms with E-state index >= 15 is 0 Å². The van der Waals surface area contributed by atoms with Crippen LogP contribution in [0.2, 0.25) is 25.7 Å². The Morgan fingerprint density at radius 1 is 1.11 bits per heavy atom. The van der Waals surface area contributed by atoms with Crippen LogP contribution in [0.5, 0.6) is 0 Å². The normalized spacial score (nSPS) is 23.7. The Hall–Kier alpha value is -0.643. The van der Waals surface area contributed by atoms with Crippen molar-refractivity contribution in [3.63, 3.8) is 0 Å². The van der Waals surface area contributed by atoms with Crippen molar-refractivity contribution >= 4 is 8.07 Å². The SMILES string of the molecule is C[Si](C)(C)CC1CCC(COCc2ccccc2)O1. The molecule has 3 heteroatoms. The summed E-state index contributed by atoms with van der Waals surface area (Å²) in [5.41, 5.74) is 1.24. The lowest BCUT2D eigenvalue weighted by molar-refractivity contribution is -0.0145. The summed E-state index contributed by atoms with van der Waals surface area (Å²) >= 11 is 0. The zero-order chi connectivity index (χ0) is 13.7. The molecular formula is C16H26O2Si. The second kappa shape index (κ2) is 6.68. The van der Waals surface area contributed by atoms with Gasteiger partial charge in [0.15, 0.2) is 0 Å². The average Bonchev–Trinajstić information content (AvgIpc) is 2.76. The van der Waals surface area contributed by atoms with Crippen LogP contribution < -0.4 is 0 Å². The van der Waals surface area contributed by atoms with Crippen LogP contribution in [0.4, 0.5) is 0 Å². The molecule has 0 amide bonds. The van der Waals surface area contributed by atoms with Crippen LogP contribution in [0.1, 0.15) is 18.4 Å². The van der Waals surface area contributed by atoms with Crippen molar-refractivity contribution in [3.8, 4) is 0 Å². The highest BCUT2D eigenvalue weighted by Crippen LogP contribution is 2.27. The Balaban J connectivity index is 1.66. The number of hydrogen-bond donors (Lipinski definition) is 0. The first-order chi connectivity index (χ1) is 9.03. The van der Waals surface area contributed by atoms with Crippen LogP contribution in [0.15, 0.2) is 30.3 Å². The Morgan fingerprint density at radius 3 is 2.47 bits per heavy atom. The molecule has 2 atom stereocenters. The molecule has 1 aromatic carbocycles. The topological polar surface area (TPSA) is 18.5 Å². The van der Waals surface area contributed by atoms with Gasteiger partial charge in [0.25, 0.3) is 0 Å². The maximum atomic E-state index is 6.09. The summed E-state index contributed by atoms with van der Waals surface area (Å²) in [6, 6.07) is 11.6. The summed E-state index contributed by atoms with van der Waals surface area (Å²) in [5, 5.41) is 0. The van der Waals surface area contributed by atoms with Crippen molar-refractivity contribution in [1.82, 2.24) is 0 Å². The molecule has 1 aromatic rings. The number of ether oxygens (including phenoxy) is 2. The minimum Gasteiger partial charge on any atom is -0.374 e. The second-order valence-electron chi connectivity index (χ2n) is 6.72. The molecule has 106 valence electrons. The summed E-state index contributed by atoms with van der Waals surface area (Å²) < 4.78 is 11.9. The van der Waals surface area contributed by atoms with Gasteiger partial charge in [-0.05, 0) is 24.4 Å². The monoisotopic (exact) mass is 278 g/mol. The molecule has 1 heterocycles. The van der Waals surface area contributed by atoms with Crippen LogP contribution in [-0.2, 0) is 16.1 Å². The lowest BCUT2D eigenvalue weighted by atomic mass is 10.2. The first kappa shape index (κ1) is 14.8. The number of hydrogen-bond acceptors (Lipinski definition) is 2. The first-order valence-corrected chi connectivity index (χ1v) is 11.0. The summed E-state index contributed by atoms with van der Waals surface area (Å²) in [6.07, 6.45) is 3.16. The molecule has 2 unspecified atom stereocenters. The quantitative estimate of drug-likeness (QED) is 0.730. The average molecular weight is 278 g/mol. The minimum absolute atomic E-state index is 0.310. The molecular weight excluding hydrogens is 252 g/mol. The van der Waals surface area contributed by atoms with Gasteiger partial charge in [0.1, 0.15) is 0 Å². The van der Waals surface area contributed by atoms with Gasteiger partial charge in [-0.2, -0.15) is 0 Å². The van der Waals surface area contributed by atoms with Crippen LogP contribution in [0.25, 0.3) is 0 Å². The molecule has 2 rings (SSSR count). The third kappa shape index (κ3) is 5.47. The molecule has 0 spiro atoms. The standard InChI is InChI=1S/C16H26O2Si/c1-19(2,3)13-16-10-9-15(18-16)12-17-11-14-7-5-4-6-8-14/h4-8,15-16H,9-13H2,1-3H3. The zero-order valence-electron chi connectivity index (χ0n) is 12.4. The molecule has 0 N–H and O–H groups in total. The van der Waals surface area contributed by atoms with Gasteiger partial charge in [-0.15, -0.1) is 0 Å². The lowest BCUT2D eigenvalue weighted by Crippen LogP contribution is -2.27. The van der Waals surface area contributed by atoms with E-state index < -0.39 is 8.07 Å². The molecule has 19 heavy (non-hydrogen) atoms. The Bertz CT molecular complexity index is 372. The highest BCUT2D eigenvalue weighted by Gasteiger charge is 2.29. The van der Waals surface area contributed by atoms with Crippen LogP contribution in [0, 0.1) is 0 Å². The van der Waals surface area contributed by atoms with Gasteiger partial charge >= 0.3 is 0 Å². The minimum atomic E-state index is -1.00. The molecule has 1 aliphatic heterocycles. The predicted octanol–water partition coefficient (Wildman–Crippen LogP) is 4.09. The number of benzene rings is 1. The highest BCUT2D eigenvalue weighted by atomic mass is 28.3. The van der Waals surface area contributed by atoms with Gasteiger partial charge in [0.05, 0.1) is 25.4 Å². The summed E-state index contributed by atoms with van der Waals surface area (Å²) in [7, 11) is -1.00. The van der Waals surface area contributed by atoms with Crippen molar-refractivity contribution < 1.29 is 9.47 Å². The van der Waals surface area contributed by atoms with E-state index in [4.69, 9.17) is 9.47 Å². The molecule has 0 radical (unpaired) electrons. The van der Waals surface area contributed by atoms with E-state index in [0.717, 1.165) is 13.0 Å². The largest absolute Gasteiger partial charge is 0.374 e. The van der Waals surface area contributed by atoms with Crippen molar-refractivity contribution in [2.75, 3.05) is 6.61 Å². The highest BCUT2D eigenvalue weighted by molar-refractivity contribution is 6.76. The predicted molar refractivity (Wildman–Crippen MR) is 82.1 cm³/mol. The maximum absolute atomic E-state index is 6.09. The van der Waals surface area contributed by atoms with Gasteiger partial charge in [0, 0.05) is 8.07 Å². The fourth-order valence-electron chi connectivity index (χ4n) is 2.62. The van der Waals surface area contributed by atoms with E-state index in [2.05, 4.69) is 43.9 Å². The first-order valence-electron chi connectivity index (χ1n) is 7.30. The van der Waals surface area contributed by atoms with Gasteiger partial charge in [0.2, 0.25) is 0 Å². The lowest BCUT2D eigenvalue weighted by Gasteiger charge is -2.21. The summed E-state index contributed by atoms with van der Waals surface area (Å²) in [6.45, 7) is 8.66. The van der Waals surface area contributed by atoms with Gasteiger partial charge in [-0.25, -0.2) is 0 Å². The van der Waals surface area contributed by atoms with Crippen molar-refractivity contribution in [2.45, 2.75) is 57.3 Å². The van der Waals surface area contributed by atoms with Crippen molar-refractivity contribution in [1.29, 1.82) is 0 Å². The Labute approximate surface area is 118 Å². The van der Waals surface area contributed by atoms with Gasteiger partial charge < -0.3 is 9.47 Å². The van der Waals surface area contributed by atoms with Gasteiger partial charge in [-0.3, -0.25) is 0 Å². The van der Waals surface area contributed by atoms with E-state index in [1.165, 1.54) is 18.0 Å². The molecule has 0 saturated carbocycles. The zero-order valence-corrected chi connectivity index (χ0v) is 13.4. The van der Waals surface area contributed by atoms with E-state index in [9.17, 15) is 0 Å². The molecule has 0 bridgehead atoms. The third-order valence-electron chi connectivity index (χ3n) is 3.45. The summed E-state index contributed by atoms with van der Waals surface area (Å²) in [5.74, 6) is 0. The summed E-state index contributed by atoms with van der Waals surface area (Å²) in [4.78, 5) is 0. The van der Waals surface area contributed by atoms with E-state index in [1.54, 1.807) is 0 Å².